The first kappa shape index (κ1) is 21.9. The van der Waals surface area contributed by atoms with Crippen molar-refractivity contribution in [1.29, 1.82) is 0 Å². The second-order valence-corrected chi connectivity index (χ2v) is 8.84. The highest BCUT2D eigenvalue weighted by Gasteiger charge is 2.41. The molecule has 0 radical (unpaired) electrons. The maximum Gasteiger partial charge on any atom is 0.251 e. The van der Waals surface area contributed by atoms with Gasteiger partial charge >= 0.3 is 0 Å². The Labute approximate surface area is 190 Å². The number of hydrogen-bond donors (Lipinski definition) is 3. The summed E-state index contributed by atoms with van der Waals surface area (Å²) in [6.45, 7) is -0.166. The highest BCUT2D eigenvalue weighted by molar-refractivity contribution is 7.99. The lowest BCUT2D eigenvalue weighted by molar-refractivity contribution is -0.130. The van der Waals surface area contributed by atoms with Crippen molar-refractivity contribution in [1.82, 2.24) is 16.0 Å². The zero-order valence-electron chi connectivity index (χ0n) is 17.5. The number of carbonyl (C=O) groups excluding carboxylic acids is 4. The van der Waals surface area contributed by atoms with Gasteiger partial charge in [-0.25, -0.2) is 0 Å². The standard InChI is InChI=1S/C23H24N4O4S/c1-24-19(29)13-27-16-9-5-6-10-17(16)32-21(14-7-3-2-4-8-14)20(23(27)31)26-22(30)15-11-12-18(28)25-15/h2-10,15,20-21H,11-13H2,1H3,(H,24,29)(H,25,28)(H,26,30)/t15-,20-,21-/m0/s1. The first-order valence-corrected chi connectivity index (χ1v) is 11.3. The Bertz CT molecular complexity index is 1050. The van der Waals surface area contributed by atoms with Crippen LogP contribution in [0.15, 0.2) is 59.5 Å². The molecule has 1 saturated heterocycles. The topological polar surface area (TPSA) is 108 Å². The molecule has 2 aliphatic rings. The summed E-state index contributed by atoms with van der Waals surface area (Å²) in [7, 11) is 1.51. The van der Waals surface area contributed by atoms with Crippen molar-refractivity contribution in [3.8, 4) is 0 Å². The lowest BCUT2D eigenvalue weighted by atomic mass is 10.0. The van der Waals surface area contributed by atoms with Crippen molar-refractivity contribution >= 4 is 41.1 Å². The molecule has 0 bridgehead atoms. The maximum atomic E-state index is 13.8. The summed E-state index contributed by atoms with van der Waals surface area (Å²) >= 11 is 1.47. The van der Waals surface area contributed by atoms with Crippen LogP contribution in [0.2, 0.25) is 0 Å². The van der Waals surface area contributed by atoms with Crippen LogP contribution in [-0.4, -0.2) is 49.3 Å². The van der Waals surface area contributed by atoms with Crippen LogP contribution in [0.1, 0.15) is 23.7 Å². The molecule has 2 aromatic carbocycles. The fourth-order valence-corrected chi connectivity index (χ4v) is 5.24. The Morgan fingerprint density at radius 2 is 1.81 bits per heavy atom. The summed E-state index contributed by atoms with van der Waals surface area (Å²) in [6, 6.07) is 15.3. The summed E-state index contributed by atoms with van der Waals surface area (Å²) in [5, 5.41) is 7.67. The Morgan fingerprint density at radius 1 is 1.09 bits per heavy atom. The second-order valence-electron chi connectivity index (χ2n) is 7.66. The van der Waals surface area contributed by atoms with E-state index < -0.39 is 23.2 Å². The number of para-hydroxylation sites is 1. The third kappa shape index (κ3) is 4.47. The van der Waals surface area contributed by atoms with Gasteiger partial charge < -0.3 is 20.9 Å². The summed E-state index contributed by atoms with van der Waals surface area (Å²) in [5.74, 6) is -1.27. The SMILES string of the molecule is CNC(=O)CN1C(=O)[C@@H](NC(=O)[C@@H]2CCC(=O)N2)[C@H](c2ccccc2)Sc2ccccc21. The highest BCUT2D eigenvalue weighted by atomic mass is 32.2. The first-order chi connectivity index (χ1) is 15.5. The highest BCUT2D eigenvalue weighted by Crippen LogP contribution is 2.45. The molecular formula is C23H24N4O4S. The molecule has 166 valence electrons. The smallest absolute Gasteiger partial charge is 0.251 e. The molecule has 4 rings (SSSR count). The van der Waals surface area contributed by atoms with Gasteiger partial charge in [0.25, 0.3) is 5.91 Å². The molecule has 2 aromatic rings. The summed E-state index contributed by atoms with van der Waals surface area (Å²) in [4.78, 5) is 52.8. The molecular weight excluding hydrogens is 428 g/mol. The zero-order valence-corrected chi connectivity index (χ0v) is 18.4. The van der Waals surface area contributed by atoms with Gasteiger partial charge in [-0.2, -0.15) is 0 Å². The van der Waals surface area contributed by atoms with E-state index in [1.54, 1.807) is 6.07 Å². The van der Waals surface area contributed by atoms with Crippen molar-refractivity contribution < 1.29 is 19.2 Å². The largest absolute Gasteiger partial charge is 0.358 e. The minimum Gasteiger partial charge on any atom is -0.358 e. The van der Waals surface area contributed by atoms with Crippen molar-refractivity contribution in [2.45, 2.75) is 35.1 Å². The van der Waals surface area contributed by atoms with Crippen molar-refractivity contribution in [3.05, 3.63) is 60.2 Å². The van der Waals surface area contributed by atoms with Gasteiger partial charge in [0.2, 0.25) is 17.7 Å². The molecule has 0 saturated carbocycles. The van der Waals surface area contributed by atoms with Gasteiger partial charge in [-0.05, 0) is 24.1 Å². The van der Waals surface area contributed by atoms with E-state index in [4.69, 9.17) is 0 Å². The number of carbonyl (C=O) groups is 4. The van der Waals surface area contributed by atoms with Gasteiger partial charge in [-0.1, -0.05) is 42.5 Å². The van der Waals surface area contributed by atoms with Gasteiger partial charge in [-0.15, -0.1) is 11.8 Å². The van der Waals surface area contributed by atoms with Crippen LogP contribution in [-0.2, 0) is 19.2 Å². The molecule has 0 spiro atoms. The quantitative estimate of drug-likeness (QED) is 0.635. The third-order valence-corrected chi connectivity index (χ3v) is 6.96. The third-order valence-electron chi connectivity index (χ3n) is 5.56. The number of nitrogens with one attached hydrogen (secondary N) is 3. The van der Waals surface area contributed by atoms with E-state index in [9.17, 15) is 19.2 Å². The Morgan fingerprint density at radius 3 is 2.50 bits per heavy atom. The molecule has 4 amide bonds. The molecule has 0 aliphatic carbocycles. The fourth-order valence-electron chi connectivity index (χ4n) is 3.89. The van der Waals surface area contributed by atoms with Crippen LogP contribution in [0.3, 0.4) is 0 Å². The van der Waals surface area contributed by atoms with E-state index in [1.807, 2.05) is 48.5 Å². The lowest BCUT2D eigenvalue weighted by Crippen LogP contribution is -2.55. The molecule has 1 fully saturated rings. The van der Waals surface area contributed by atoms with Gasteiger partial charge in [0, 0.05) is 18.4 Å². The number of benzene rings is 2. The number of rotatable bonds is 5. The number of anilines is 1. The Hall–Kier alpha value is -3.33. The second kappa shape index (κ2) is 9.44. The van der Waals surface area contributed by atoms with E-state index >= 15 is 0 Å². The van der Waals surface area contributed by atoms with Gasteiger partial charge in [0.05, 0.1) is 10.9 Å². The van der Waals surface area contributed by atoms with Crippen molar-refractivity contribution in [2.75, 3.05) is 18.5 Å². The number of amides is 4. The Kier molecular flexibility index (Phi) is 6.45. The lowest BCUT2D eigenvalue weighted by Gasteiger charge is -2.29. The average Bonchev–Trinajstić information content (AvgIpc) is 3.22. The molecule has 0 unspecified atom stereocenters. The number of nitrogens with zero attached hydrogens (tertiary/aromatic N) is 1. The molecule has 3 atom stereocenters. The maximum absolute atomic E-state index is 13.8. The molecule has 8 nitrogen and oxygen atoms in total. The van der Waals surface area contributed by atoms with E-state index in [1.165, 1.54) is 23.7 Å². The first-order valence-electron chi connectivity index (χ1n) is 10.4. The van der Waals surface area contributed by atoms with Gasteiger partial charge in [0.15, 0.2) is 0 Å². The summed E-state index contributed by atoms with van der Waals surface area (Å²) in [5.41, 5.74) is 1.50. The molecule has 9 heteroatoms. The number of fused-ring (bicyclic) bond motifs is 1. The monoisotopic (exact) mass is 452 g/mol. The molecule has 0 aromatic heterocycles. The summed E-state index contributed by atoms with van der Waals surface area (Å²) < 4.78 is 0. The van der Waals surface area contributed by atoms with Crippen LogP contribution in [0.4, 0.5) is 5.69 Å². The normalized spacial score (nSPS) is 22.5. The molecule has 2 aliphatic heterocycles. The van der Waals surface area contributed by atoms with Crippen LogP contribution in [0, 0.1) is 0 Å². The Balaban J connectivity index is 1.74. The molecule has 3 N–H and O–H groups in total. The van der Waals surface area contributed by atoms with Crippen molar-refractivity contribution in [3.63, 3.8) is 0 Å². The predicted molar refractivity (Wildman–Crippen MR) is 121 cm³/mol. The van der Waals surface area contributed by atoms with E-state index in [0.29, 0.717) is 12.1 Å². The fraction of sp³-hybridized carbons (Fsp3) is 0.304. The minimum atomic E-state index is -0.926. The van der Waals surface area contributed by atoms with E-state index in [0.717, 1.165) is 10.5 Å². The number of likely N-dealkylation sites (N-methyl/N-ethyl adjacent to an activating group) is 1. The average molecular weight is 453 g/mol. The van der Waals surface area contributed by atoms with Gasteiger partial charge in [0.1, 0.15) is 18.6 Å². The zero-order chi connectivity index (χ0) is 22.7. The van der Waals surface area contributed by atoms with Crippen LogP contribution < -0.4 is 20.9 Å². The van der Waals surface area contributed by atoms with Gasteiger partial charge in [-0.3, -0.25) is 19.2 Å². The van der Waals surface area contributed by atoms with Crippen LogP contribution >= 0.6 is 11.8 Å². The molecule has 2 heterocycles. The number of thioether (sulfide) groups is 1. The van der Waals surface area contributed by atoms with Crippen LogP contribution in [0.5, 0.6) is 0 Å². The van der Waals surface area contributed by atoms with Crippen LogP contribution in [0.25, 0.3) is 0 Å². The minimum absolute atomic E-state index is 0.166. The predicted octanol–water partition coefficient (Wildman–Crippen LogP) is 1.38. The summed E-state index contributed by atoms with van der Waals surface area (Å²) in [6.07, 6.45) is 0.665. The van der Waals surface area contributed by atoms with E-state index in [-0.39, 0.29) is 30.7 Å². The van der Waals surface area contributed by atoms with E-state index in [2.05, 4.69) is 16.0 Å². The molecule has 32 heavy (non-hydrogen) atoms. The number of hydrogen-bond acceptors (Lipinski definition) is 5. The van der Waals surface area contributed by atoms with Crippen molar-refractivity contribution in [2.24, 2.45) is 0 Å².